The van der Waals surface area contributed by atoms with Gasteiger partial charge in [0.05, 0.1) is 12.7 Å². The van der Waals surface area contributed by atoms with Gasteiger partial charge in [-0.25, -0.2) is 0 Å². The number of nitrogens with one attached hydrogen (secondary N) is 1. The van der Waals surface area contributed by atoms with Gasteiger partial charge < -0.3 is 10.1 Å². The predicted octanol–water partition coefficient (Wildman–Crippen LogP) is 2.84. The molecule has 3 nitrogen and oxygen atoms in total. The van der Waals surface area contributed by atoms with Crippen molar-refractivity contribution in [1.29, 1.82) is 0 Å². The highest BCUT2D eigenvalue weighted by Crippen LogP contribution is 2.20. The Morgan fingerprint density at radius 1 is 1.30 bits per heavy atom. The zero-order valence-corrected chi connectivity index (χ0v) is 13.0. The fraction of sp³-hybridized carbons (Fsp3) is 0.647. The molecule has 1 fully saturated rings. The van der Waals surface area contributed by atoms with Crippen LogP contribution in [0.1, 0.15) is 38.8 Å². The first kappa shape index (κ1) is 15.5. The van der Waals surface area contributed by atoms with Crippen LogP contribution >= 0.6 is 0 Å². The number of likely N-dealkylation sites (N-methyl/N-ethyl adjacent to an activating group) is 1. The Bertz CT molecular complexity index is 382. The van der Waals surface area contributed by atoms with Crippen LogP contribution in [0.3, 0.4) is 0 Å². The molecule has 3 atom stereocenters. The van der Waals surface area contributed by atoms with E-state index < -0.39 is 0 Å². The van der Waals surface area contributed by atoms with E-state index in [1.807, 2.05) is 0 Å². The first-order valence-corrected chi connectivity index (χ1v) is 7.88. The molecule has 0 bridgehead atoms. The summed E-state index contributed by atoms with van der Waals surface area (Å²) in [6, 6.07) is 11.7. The van der Waals surface area contributed by atoms with Gasteiger partial charge in [0.2, 0.25) is 0 Å². The van der Waals surface area contributed by atoms with Crippen LogP contribution < -0.4 is 5.32 Å². The largest absolute Gasteiger partial charge is 0.376 e. The molecule has 0 spiro atoms. The summed E-state index contributed by atoms with van der Waals surface area (Å²) in [6.07, 6.45) is 1.50. The standard InChI is InChI=1S/C17H28N2O/c1-4-16-13-20-14(3)11-19(16)12-17(18-5-2)15-9-7-6-8-10-15/h6-10,14,16-18H,4-5,11-13H2,1-3H3. The molecule has 1 N–H and O–H groups in total. The van der Waals surface area contributed by atoms with E-state index in [0.29, 0.717) is 18.2 Å². The molecular formula is C17H28N2O. The lowest BCUT2D eigenvalue weighted by molar-refractivity contribution is -0.0585. The molecule has 20 heavy (non-hydrogen) atoms. The van der Waals surface area contributed by atoms with Crippen LogP contribution in [0, 0.1) is 0 Å². The van der Waals surface area contributed by atoms with Gasteiger partial charge >= 0.3 is 0 Å². The highest BCUT2D eigenvalue weighted by Gasteiger charge is 2.27. The smallest absolute Gasteiger partial charge is 0.0674 e. The summed E-state index contributed by atoms with van der Waals surface area (Å²) in [5.74, 6) is 0. The number of hydrogen-bond acceptors (Lipinski definition) is 3. The molecule has 3 unspecified atom stereocenters. The van der Waals surface area contributed by atoms with Crippen molar-refractivity contribution in [1.82, 2.24) is 10.2 Å². The highest BCUT2D eigenvalue weighted by molar-refractivity contribution is 5.19. The Labute approximate surface area is 123 Å². The van der Waals surface area contributed by atoms with Gasteiger partial charge in [-0.2, -0.15) is 0 Å². The van der Waals surface area contributed by atoms with Gasteiger partial charge in [0.1, 0.15) is 0 Å². The van der Waals surface area contributed by atoms with E-state index in [4.69, 9.17) is 4.74 Å². The molecule has 112 valence electrons. The zero-order valence-electron chi connectivity index (χ0n) is 13.0. The van der Waals surface area contributed by atoms with E-state index in [1.54, 1.807) is 0 Å². The van der Waals surface area contributed by atoms with E-state index in [0.717, 1.165) is 32.7 Å². The Morgan fingerprint density at radius 3 is 2.70 bits per heavy atom. The number of rotatable bonds is 6. The van der Waals surface area contributed by atoms with Crippen molar-refractivity contribution in [3.8, 4) is 0 Å². The van der Waals surface area contributed by atoms with Crippen LogP contribution in [0.4, 0.5) is 0 Å². The van der Waals surface area contributed by atoms with Gasteiger partial charge in [-0.05, 0) is 25.5 Å². The third-order valence-corrected chi connectivity index (χ3v) is 4.12. The molecule has 1 aromatic rings. The summed E-state index contributed by atoms with van der Waals surface area (Å²) in [5, 5.41) is 3.62. The fourth-order valence-corrected chi connectivity index (χ4v) is 2.97. The Kier molecular flexibility index (Phi) is 6.02. The summed E-state index contributed by atoms with van der Waals surface area (Å²) in [6.45, 7) is 10.6. The van der Waals surface area contributed by atoms with E-state index in [1.165, 1.54) is 5.56 Å². The maximum Gasteiger partial charge on any atom is 0.0674 e. The van der Waals surface area contributed by atoms with Gasteiger partial charge in [-0.15, -0.1) is 0 Å². The van der Waals surface area contributed by atoms with E-state index >= 15 is 0 Å². The molecule has 0 aliphatic carbocycles. The predicted molar refractivity (Wildman–Crippen MR) is 83.9 cm³/mol. The molecule has 0 saturated carbocycles. The number of morpholine rings is 1. The van der Waals surface area contributed by atoms with Crippen molar-refractivity contribution in [3.05, 3.63) is 35.9 Å². The van der Waals surface area contributed by atoms with Gasteiger partial charge in [-0.3, -0.25) is 4.90 Å². The average Bonchev–Trinajstić information content (AvgIpc) is 2.48. The third-order valence-electron chi connectivity index (χ3n) is 4.12. The van der Waals surface area contributed by atoms with Crippen LogP contribution in [0.5, 0.6) is 0 Å². The summed E-state index contributed by atoms with van der Waals surface area (Å²) in [5.41, 5.74) is 1.38. The molecular weight excluding hydrogens is 248 g/mol. The van der Waals surface area contributed by atoms with Crippen molar-refractivity contribution in [3.63, 3.8) is 0 Å². The highest BCUT2D eigenvalue weighted by atomic mass is 16.5. The molecule has 1 heterocycles. The molecule has 3 heteroatoms. The van der Waals surface area contributed by atoms with Crippen LogP contribution in [-0.2, 0) is 4.74 Å². The lowest BCUT2D eigenvalue weighted by Gasteiger charge is -2.40. The quantitative estimate of drug-likeness (QED) is 0.864. The van der Waals surface area contributed by atoms with Crippen molar-refractivity contribution in [2.24, 2.45) is 0 Å². The number of hydrogen-bond donors (Lipinski definition) is 1. The summed E-state index contributed by atoms with van der Waals surface area (Å²) in [4.78, 5) is 2.59. The van der Waals surface area contributed by atoms with Gasteiger partial charge in [0, 0.05) is 25.2 Å². The van der Waals surface area contributed by atoms with E-state index in [-0.39, 0.29) is 0 Å². The second-order valence-corrected chi connectivity index (χ2v) is 5.68. The van der Waals surface area contributed by atoms with Gasteiger partial charge in [0.25, 0.3) is 0 Å². The minimum absolute atomic E-state index is 0.343. The lowest BCUT2D eigenvalue weighted by atomic mass is 10.0. The molecule has 2 rings (SSSR count). The zero-order chi connectivity index (χ0) is 14.4. The Hall–Kier alpha value is -0.900. The third kappa shape index (κ3) is 4.05. The minimum atomic E-state index is 0.343. The lowest BCUT2D eigenvalue weighted by Crippen LogP contribution is -2.51. The molecule has 1 saturated heterocycles. The van der Waals surface area contributed by atoms with Gasteiger partial charge in [0.15, 0.2) is 0 Å². The van der Waals surface area contributed by atoms with Crippen LogP contribution in [0.15, 0.2) is 30.3 Å². The Balaban J connectivity index is 2.06. The molecule has 0 amide bonds. The topological polar surface area (TPSA) is 24.5 Å². The fourth-order valence-electron chi connectivity index (χ4n) is 2.97. The van der Waals surface area contributed by atoms with Crippen molar-refractivity contribution < 1.29 is 4.74 Å². The SMILES string of the molecule is CCNC(CN1CC(C)OCC1CC)c1ccccc1. The minimum Gasteiger partial charge on any atom is -0.376 e. The summed E-state index contributed by atoms with van der Waals surface area (Å²) >= 11 is 0. The first-order chi connectivity index (χ1) is 9.74. The summed E-state index contributed by atoms with van der Waals surface area (Å²) < 4.78 is 5.80. The molecule has 1 aliphatic heterocycles. The van der Waals surface area contributed by atoms with Crippen molar-refractivity contribution in [2.75, 3.05) is 26.2 Å². The van der Waals surface area contributed by atoms with Crippen molar-refractivity contribution >= 4 is 0 Å². The number of nitrogens with zero attached hydrogens (tertiary/aromatic N) is 1. The Morgan fingerprint density at radius 2 is 2.05 bits per heavy atom. The first-order valence-electron chi connectivity index (χ1n) is 7.88. The summed E-state index contributed by atoms with van der Waals surface area (Å²) in [7, 11) is 0. The van der Waals surface area contributed by atoms with Gasteiger partial charge in [-0.1, -0.05) is 44.2 Å². The normalized spacial score (nSPS) is 25.6. The van der Waals surface area contributed by atoms with E-state index in [2.05, 4.69) is 61.3 Å². The molecule has 1 aliphatic rings. The average molecular weight is 276 g/mol. The monoisotopic (exact) mass is 276 g/mol. The second-order valence-electron chi connectivity index (χ2n) is 5.68. The maximum atomic E-state index is 5.80. The van der Waals surface area contributed by atoms with Crippen LogP contribution in [-0.4, -0.2) is 43.3 Å². The van der Waals surface area contributed by atoms with Crippen LogP contribution in [0.25, 0.3) is 0 Å². The van der Waals surface area contributed by atoms with E-state index in [9.17, 15) is 0 Å². The van der Waals surface area contributed by atoms with Crippen LogP contribution in [0.2, 0.25) is 0 Å². The maximum absolute atomic E-state index is 5.80. The number of ether oxygens (including phenoxy) is 1. The number of benzene rings is 1. The second kappa shape index (κ2) is 7.77. The molecule has 1 aromatic carbocycles. The van der Waals surface area contributed by atoms with Crippen molar-refractivity contribution in [2.45, 2.75) is 45.4 Å². The molecule has 0 aromatic heterocycles. The molecule has 0 radical (unpaired) electrons.